The van der Waals surface area contributed by atoms with Crippen molar-refractivity contribution in [1.82, 2.24) is 21.0 Å². The summed E-state index contributed by atoms with van der Waals surface area (Å²) in [6.07, 6.45) is 1.56. The first kappa shape index (κ1) is 21.0. The summed E-state index contributed by atoms with van der Waals surface area (Å²) < 4.78 is 5.14. The van der Waals surface area contributed by atoms with Crippen LogP contribution in [-0.2, 0) is 5.75 Å². The van der Waals surface area contributed by atoms with Crippen LogP contribution in [0.2, 0.25) is 0 Å². The molecule has 3 aromatic rings. The Bertz CT molecular complexity index is 1090. The predicted octanol–water partition coefficient (Wildman–Crippen LogP) is 2.96. The van der Waals surface area contributed by atoms with Gasteiger partial charge in [-0.2, -0.15) is 0 Å². The van der Waals surface area contributed by atoms with Gasteiger partial charge in [0.05, 0.1) is 16.2 Å². The number of pyridine rings is 1. The van der Waals surface area contributed by atoms with Crippen LogP contribution in [0.3, 0.4) is 0 Å². The second-order valence-electron chi connectivity index (χ2n) is 6.16. The number of hydrazine groups is 1. The van der Waals surface area contributed by atoms with E-state index in [1.807, 2.05) is 13.8 Å². The number of thioether (sulfide) groups is 1. The molecule has 0 unspecified atom stereocenters. The van der Waals surface area contributed by atoms with Crippen LogP contribution in [0, 0.1) is 24.0 Å². The first-order valence-electron chi connectivity index (χ1n) is 8.71. The molecule has 0 fully saturated rings. The van der Waals surface area contributed by atoms with E-state index in [9.17, 15) is 19.7 Å². The number of rotatable bonds is 6. The lowest BCUT2D eigenvalue weighted by Crippen LogP contribution is -2.41. The fourth-order valence-corrected chi connectivity index (χ4v) is 3.69. The van der Waals surface area contributed by atoms with Crippen LogP contribution in [-0.4, -0.2) is 26.9 Å². The highest BCUT2D eigenvalue weighted by Crippen LogP contribution is 2.27. The van der Waals surface area contributed by atoms with Gasteiger partial charge in [0.1, 0.15) is 10.8 Å². The maximum Gasteiger partial charge on any atom is 0.272 e. The number of hydrogen-bond acceptors (Lipinski definition) is 8. The topological polar surface area (TPSA) is 140 Å². The molecular weight excluding hydrogens is 410 g/mol. The van der Waals surface area contributed by atoms with Gasteiger partial charge in [-0.25, -0.2) is 4.98 Å². The van der Waals surface area contributed by atoms with Crippen molar-refractivity contribution in [1.29, 1.82) is 0 Å². The van der Waals surface area contributed by atoms with Gasteiger partial charge in [0.15, 0.2) is 0 Å². The van der Waals surface area contributed by atoms with E-state index in [1.54, 1.807) is 18.3 Å². The van der Waals surface area contributed by atoms with E-state index < -0.39 is 16.7 Å². The molecular formula is C19H17N5O5S. The smallest absolute Gasteiger partial charge is 0.272 e. The Kier molecular flexibility index (Phi) is 6.42. The summed E-state index contributed by atoms with van der Waals surface area (Å²) in [4.78, 5) is 39.2. The third-order valence-corrected chi connectivity index (χ3v) is 5.19. The molecule has 30 heavy (non-hydrogen) atoms. The second kappa shape index (κ2) is 9.18. The Hall–Kier alpha value is -3.73. The standard InChI is InChI=1S/C19H17N5O5S/c1-11-16(12(2)29-23-11)10-30-19-15(7-4-8-20-19)18(26)22-21-17(25)13-5-3-6-14(9-13)24(27)28/h3-9H,10H2,1-2H3,(H,21,25)(H,22,26). The zero-order chi connectivity index (χ0) is 21.7. The van der Waals surface area contributed by atoms with Crippen LogP contribution < -0.4 is 10.9 Å². The number of nitro benzene ring substituents is 1. The van der Waals surface area contributed by atoms with Gasteiger partial charge in [0.25, 0.3) is 17.5 Å². The number of nitrogens with zero attached hydrogens (tertiary/aromatic N) is 3. The SMILES string of the molecule is Cc1noc(C)c1CSc1ncccc1C(=O)NNC(=O)c1cccc([N+](=O)[O-])c1. The van der Waals surface area contributed by atoms with Gasteiger partial charge in [-0.3, -0.25) is 30.6 Å². The molecule has 154 valence electrons. The Labute approximate surface area is 175 Å². The minimum absolute atomic E-state index is 0.0451. The number of amides is 2. The molecule has 0 saturated carbocycles. The molecule has 0 radical (unpaired) electrons. The monoisotopic (exact) mass is 427 g/mol. The summed E-state index contributed by atoms with van der Waals surface area (Å²) >= 11 is 1.34. The molecule has 2 heterocycles. The van der Waals surface area contributed by atoms with E-state index in [0.29, 0.717) is 16.5 Å². The molecule has 0 aliphatic carbocycles. The number of nitrogens with one attached hydrogen (secondary N) is 2. The quantitative estimate of drug-likeness (QED) is 0.348. The Morgan fingerprint density at radius 2 is 1.93 bits per heavy atom. The second-order valence-corrected chi connectivity index (χ2v) is 7.13. The van der Waals surface area contributed by atoms with Crippen LogP contribution in [0.4, 0.5) is 5.69 Å². The maximum absolute atomic E-state index is 12.6. The Balaban J connectivity index is 1.66. The van der Waals surface area contributed by atoms with Gasteiger partial charge < -0.3 is 4.52 Å². The highest BCUT2D eigenvalue weighted by molar-refractivity contribution is 7.98. The predicted molar refractivity (Wildman–Crippen MR) is 108 cm³/mol. The molecule has 0 atom stereocenters. The van der Waals surface area contributed by atoms with Crippen molar-refractivity contribution in [3.8, 4) is 0 Å². The molecule has 0 spiro atoms. The van der Waals surface area contributed by atoms with Crippen LogP contribution in [0.15, 0.2) is 52.1 Å². The summed E-state index contributed by atoms with van der Waals surface area (Å²) in [6.45, 7) is 3.65. The third-order valence-electron chi connectivity index (χ3n) is 4.16. The first-order chi connectivity index (χ1) is 14.4. The first-order valence-corrected chi connectivity index (χ1v) is 9.70. The van der Waals surface area contributed by atoms with Gasteiger partial charge in [-0.05, 0) is 32.0 Å². The number of aromatic nitrogens is 2. The average Bonchev–Trinajstić information content (AvgIpc) is 3.07. The van der Waals surface area contributed by atoms with E-state index in [0.717, 1.165) is 17.3 Å². The number of carbonyl (C=O) groups excluding carboxylic acids is 2. The van der Waals surface area contributed by atoms with Gasteiger partial charge in [0, 0.05) is 35.2 Å². The van der Waals surface area contributed by atoms with Crippen molar-refractivity contribution in [2.45, 2.75) is 24.6 Å². The summed E-state index contributed by atoms with van der Waals surface area (Å²) in [7, 11) is 0. The largest absolute Gasteiger partial charge is 0.361 e. The van der Waals surface area contributed by atoms with E-state index in [-0.39, 0.29) is 16.8 Å². The summed E-state index contributed by atoms with van der Waals surface area (Å²) in [6, 6.07) is 8.38. The van der Waals surface area contributed by atoms with Crippen LogP contribution in [0.1, 0.15) is 37.7 Å². The minimum Gasteiger partial charge on any atom is -0.361 e. The van der Waals surface area contributed by atoms with Crippen LogP contribution in [0.5, 0.6) is 0 Å². The molecule has 10 nitrogen and oxygen atoms in total. The van der Waals surface area contributed by atoms with E-state index in [2.05, 4.69) is 21.0 Å². The van der Waals surface area contributed by atoms with E-state index >= 15 is 0 Å². The highest BCUT2D eigenvalue weighted by atomic mass is 32.2. The highest BCUT2D eigenvalue weighted by Gasteiger charge is 2.17. The molecule has 11 heteroatoms. The molecule has 0 aliphatic rings. The van der Waals surface area contributed by atoms with Crippen molar-refractivity contribution in [3.63, 3.8) is 0 Å². The molecule has 2 aromatic heterocycles. The van der Waals surface area contributed by atoms with Crippen LogP contribution >= 0.6 is 11.8 Å². The Morgan fingerprint density at radius 3 is 2.63 bits per heavy atom. The normalized spacial score (nSPS) is 10.5. The fourth-order valence-electron chi connectivity index (χ4n) is 2.54. The molecule has 2 amide bonds. The summed E-state index contributed by atoms with van der Waals surface area (Å²) in [5.41, 5.74) is 6.36. The number of aryl methyl sites for hydroxylation is 2. The molecule has 0 bridgehead atoms. The third kappa shape index (κ3) is 4.81. The zero-order valence-electron chi connectivity index (χ0n) is 16.0. The lowest BCUT2D eigenvalue weighted by molar-refractivity contribution is -0.384. The molecule has 0 aliphatic heterocycles. The Morgan fingerprint density at radius 1 is 1.17 bits per heavy atom. The number of benzene rings is 1. The number of nitro groups is 1. The van der Waals surface area contributed by atoms with E-state index in [4.69, 9.17) is 4.52 Å². The van der Waals surface area contributed by atoms with Gasteiger partial charge >= 0.3 is 0 Å². The lowest BCUT2D eigenvalue weighted by Gasteiger charge is -2.10. The minimum atomic E-state index is -0.680. The molecule has 2 N–H and O–H groups in total. The zero-order valence-corrected chi connectivity index (χ0v) is 16.9. The van der Waals surface area contributed by atoms with Crippen molar-refractivity contribution in [2.75, 3.05) is 0 Å². The van der Waals surface area contributed by atoms with Gasteiger partial charge in [-0.1, -0.05) is 11.2 Å². The molecule has 1 aromatic carbocycles. The van der Waals surface area contributed by atoms with E-state index in [1.165, 1.54) is 30.0 Å². The average molecular weight is 427 g/mol. The van der Waals surface area contributed by atoms with Gasteiger partial charge in [0.2, 0.25) is 0 Å². The summed E-state index contributed by atoms with van der Waals surface area (Å²) in [5, 5.41) is 15.2. The molecule has 3 rings (SSSR count). The maximum atomic E-state index is 12.6. The summed E-state index contributed by atoms with van der Waals surface area (Å²) in [5.74, 6) is -0.0337. The molecule has 0 saturated heterocycles. The van der Waals surface area contributed by atoms with Crippen molar-refractivity contribution >= 4 is 29.3 Å². The van der Waals surface area contributed by atoms with Gasteiger partial charge in [-0.15, -0.1) is 11.8 Å². The number of non-ortho nitro benzene ring substituents is 1. The number of carbonyl (C=O) groups is 2. The van der Waals surface area contributed by atoms with Crippen molar-refractivity contribution in [2.24, 2.45) is 0 Å². The number of hydrogen-bond donors (Lipinski definition) is 2. The fraction of sp³-hybridized carbons (Fsp3) is 0.158. The van der Waals surface area contributed by atoms with Crippen molar-refractivity contribution < 1.29 is 19.0 Å². The van der Waals surface area contributed by atoms with Crippen LogP contribution in [0.25, 0.3) is 0 Å². The van der Waals surface area contributed by atoms with Crippen molar-refractivity contribution in [3.05, 3.63) is 80.9 Å². The lowest BCUT2D eigenvalue weighted by atomic mass is 10.2.